The summed E-state index contributed by atoms with van der Waals surface area (Å²) in [6, 6.07) is 8.86. The van der Waals surface area contributed by atoms with Crippen LogP contribution < -0.4 is 0 Å². The zero-order valence-corrected chi connectivity index (χ0v) is 8.75. The highest BCUT2D eigenvalue weighted by Crippen LogP contribution is 2.45. The van der Waals surface area contributed by atoms with Crippen LogP contribution in [0.4, 0.5) is 0 Å². The Morgan fingerprint density at radius 1 is 1.25 bits per heavy atom. The van der Waals surface area contributed by atoms with Crippen molar-refractivity contribution in [3.8, 4) is 0 Å². The van der Waals surface area contributed by atoms with Gasteiger partial charge in [-0.1, -0.05) is 29.8 Å². The van der Waals surface area contributed by atoms with Crippen LogP contribution in [0.15, 0.2) is 24.3 Å². The molecule has 1 aliphatic rings. The van der Waals surface area contributed by atoms with Crippen molar-refractivity contribution in [2.75, 3.05) is 11.5 Å². The van der Waals surface area contributed by atoms with Gasteiger partial charge >= 0.3 is 0 Å². The van der Waals surface area contributed by atoms with Crippen LogP contribution in [-0.2, 0) is 0 Å². The maximum atomic E-state index is 2.30. The standard InChI is InChI=1S/C10H12S2/c1-8-3-2-4-9(7-8)10-11-5-6-12-10/h2-4,7,10H,5-6H2,1H3. The zero-order valence-electron chi connectivity index (χ0n) is 7.12. The van der Waals surface area contributed by atoms with E-state index < -0.39 is 0 Å². The van der Waals surface area contributed by atoms with Gasteiger partial charge in [0.15, 0.2) is 0 Å². The van der Waals surface area contributed by atoms with Crippen molar-refractivity contribution in [2.45, 2.75) is 11.5 Å². The summed E-state index contributed by atoms with van der Waals surface area (Å²) in [7, 11) is 0. The van der Waals surface area contributed by atoms with Crippen LogP contribution in [0.3, 0.4) is 0 Å². The second kappa shape index (κ2) is 3.75. The van der Waals surface area contributed by atoms with Gasteiger partial charge in [-0.05, 0) is 12.5 Å². The van der Waals surface area contributed by atoms with E-state index in [9.17, 15) is 0 Å². The highest BCUT2D eigenvalue weighted by molar-refractivity contribution is 8.19. The Balaban J connectivity index is 2.21. The second-order valence-corrected chi connectivity index (χ2v) is 5.71. The van der Waals surface area contributed by atoms with Gasteiger partial charge in [-0.15, -0.1) is 23.5 Å². The average molecular weight is 196 g/mol. The molecular formula is C10H12S2. The molecule has 0 amide bonds. The minimum Gasteiger partial charge on any atom is -0.142 e. The van der Waals surface area contributed by atoms with Crippen molar-refractivity contribution in [3.63, 3.8) is 0 Å². The number of hydrogen-bond acceptors (Lipinski definition) is 2. The summed E-state index contributed by atoms with van der Waals surface area (Å²) in [6.45, 7) is 2.16. The number of hydrogen-bond donors (Lipinski definition) is 0. The first-order chi connectivity index (χ1) is 5.86. The van der Waals surface area contributed by atoms with E-state index in [1.807, 2.05) is 0 Å². The predicted octanol–water partition coefficient (Wildman–Crippen LogP) is 3.47. The predicted molar refractivity (Wildman–Crippen MR) is 58.8 cm³/mol. The van der Waals surface area contributed by atoms with Gasteiger partial charge < -0.3 is 0 Å². The molecule has 64 valence electrons. The molecule has 1 aromatic carbocycles. The number of aryl methyl sites for hydroxylation is 1. The van der Waals surface area contributed by atoms with Crippen molar-refractivity contribution >= 4 is 23.5 Å². The summed E-state index contributed by atoms with van der Waals surface area (Å²) in [4.78, 5) is 0. The first kappa shape index (κ1) is 8.52. The molecule has 0 radical (unpaired) electrons. The molecule has 12 heavy (non-hydrogen) atoms. The Bertz CT molecular complexity index is 264. The van der Waals surface area contributed by atoms with Crippen molar-refractivity contribution < 1.29 is 0 Å². The first-order valence-electron chi connectivity index (χ1n) is 4.16. The van der Waals surface area contributed by atoms with Crippen LogP contribution in [0.1, 0.15) is 15.7 Å². The van der Waals surface area contributed by atoms with Crippen LogP contribution >= 0.6 is 23.5 Å². The molecule has 1 aliphatic heterocycles. The van der Waals surface area contributed by atoms with Gasteiger partial charge in [-0.3, -0.25) is 0 Å². The lowest BCUT2D eigenvalue weighted by Gasteiger charge is -2.08. The van der Waals surface area contributed by atoms with E-state index >= 15 is 0 Å². The molecule has 0 spiro atoms. The fourth-order valence-corrected chi connectivity index (χ4v) is 4.21. The average Bonchev–Trinajstić information content (AvgIpc) is 2.56. The van der Waals surface area contributed by atoms with Crippen molar-refractivity contribution in [1.29, 1.82) is 0 Å². The quantitative estimate of drug-likeness (QED) is 0.674. The minimum absolute atomic E-state index is 0.699. The van der Waals surface area contributed by atoms with Gasteiger partial charge in [-0.2, -0.15) is 0 Å². The first-order valence-corrected chi connectivity index (χ1v) is 6.26. The molecule has 1 fully saturated rings. The van der Waals surface area contributed by atoms with Crippen LogP contribution in [0.5, 0.6) is 0 Å². The third-order valence-corrected chi connectivity index (χ3v) is 5.04. The summed E-state index contributed by atoms with van der Waals surface area (Å²) < 4.78 is 0.699. The van der Waals surface area contributed by atoms with E-state index in [0.29, 0.717) is 4.58 Å². The van der Waals surface area contributed by atoms with Crippen molar-refractivity contribution in [3.05, 3.63) is 35.4 Å². The molecule has 1 heterocycles. The Hall–Kier alpha value is -0.0800. The minimum atomic E-state index is 0.699. The fourth-order valence-electron chi connectivity index (χ4n) is 1.37. The third kappa shape index (κ3) is 1.80. The maximum absolute atomic E-state index is 2.30. The van der Waals surface area contributed by atoms with Gasteiger partial charge in [0.1, 0.15) is 0 Å². The number of thioether (sulfide) groups is 2. The molecule has 0 unspecified atom stereocenters. The second-order valence-electron chi connectivity index (χ2n) is 2.99. The van der Waals surface area contributed by atoms with Crippen LogP contribution in [0.25, 0.3) is 0 Å². The van der Waals surface area contributed by atoms with E-state index in [0.717, 1.165) is 0 Å². The Morgan fingerprint density at radius 3 is 2.67 bits per heavy atom. The molecule has 1 saturated heterocycles. The van der Waals surface area contributed by atoms with E-state index in [1.165, 1.54) is 22.6 Å². The number of benzene rings is 1. The zero-order chi connectivity index (χ0) is 8.39. The summed E-state index contributed by atoms with van der Waals surface area (Å²) in [5.41, 5.74) is 2.86. The molecule has 1 aromatic rings. The van der Waals surface area contributed by atoms with Gasteiger partial charge in [0.2, 0.25) is 0 Å². The molecule has 0 aromatic heterocycles. The van der Waals surface area contributed by atoms with Crippen molar-refractivity contribution in [2.24, 2.45) is 0 Å². The number of rotatable bonds is 1. The van der Waals surface area contributed by atoms with Crippen molar-refractivity contribution in [1.82, 2.24) is 0 Å². The lowest BCUT2D eigenvalue weighted by molar-refractivity contribution is 1.34. The Morgan fingerprint density at radius 2 is 2.00 bits per heavy atom. The smallest absolute Gasteiger partial charge is 0.0751 e. The summed E-state index contributed by atoms with van der Waals surface area (Å²) in [6.07, 6.45) is 0. The Kier molecular flexibility index (Phi) is 2.66. The molecule has 2 heteroatoms. The van der Waals surface area contributed by atoms with Gasteiger partial charge in [0.25, 0.3) is 0 Å². The summed E-state index contributed by atoms with van der Waals surface area (Å²) in [5.74, 6) is 2.62. The molecule has 0 saturated carbocycles. The molecule has 0 bridgehead atoms. The van der Waals surface area contributed by atoms with Gasteiger partial charge in [0.05, 0.1) is 4.58 Å². The fraction of sp³-hybridized carbons (Fsp3) is 0.400. The monoisotopic (exact) mass is 196 g/mol. The van der Waals surface area contributed by atoms with E-state index in [-0.39, 0.29) is 0 Å². The van der Waals surface area contributed by atoms with E-state index in [1.54, 1.807) is 0 Å². The van der Waals surface area contributed by atoms with Crippen LogP contribution in [-0.4, -0.2) is 11.5 Å². The maximum Gasteiger partial charge on any atom is 0.0751 e. The molecule has 0 nitrogen and oxygen atoms in total. The molecule has 0 aliphatic carbocycles. The third-order valence-electron chi connectivity index (χ3n) is 1.94. The molecule has 0 N–H and O–H groups in total. The van der Waals surface area contributed by atoms with Gasteiger partial charge in [0, 0.05) is 11.5 Å². The SMILES string of the molecule is Cc1cccc(C2SCCS2)c1. The molecule has 0 atom stereocenters. The van der Waals surface area contributed by atoms with Crippen LogP contribution in [0, 0.1) is 6.92 Å². The van der Waals surface area contributed by atoms with E-state index in [4.69, 9.17) is 0 Å². The lowest BCUT2D eigenvalue weighted by atomic mass is 10.2. The lowest BCUT2D eigenvalue weighted by Crippen LogP contribution is -1.84. The van der Waals surface area contributed by atoms with Gasteiger partial charge in [-0.25, -0.2) is 0 Å². The summed E-state index contributed by atoms with van der Waals surface area (Å²) >= 11 is 4.13. The highest BCUT2D eigenvalue weighted by atomic mass is 32.2. The molecular weight excluding hydrogens is 184 g/mol. The topological polar surface area (TPSA) is 0 Å². The van der Waals surface area contributed by atoms with E-state index in [2.05, 4.69) is 54.7 Å². The normalized spacial score (nSPS) is 18.4. The molecule has 2 rings (SSSR count). The van der Waals surface area contributed by atoms with Crippen LogP contribution in [0.2, 0.25) is 0 Å². The largest absolute Gasteiger partial charge is 0.142 e. The summed E-state index contributed by atoms with van der Waals surface area (Å²) in [5, 5.41) is 0. The highest BCUT2D eigenvalue weighted by Gasteiger charge is 2.17. The Labute approximate surface area is 82.1 Å².